The molecule has 2 aliphatic heterocycles. The van der Waals surface area contributed by atoms with Crippen molar-refractivity contribution < 1.29 is 41.5 Å². The Hall–Kier alpha value is -3.41. The highest BCUT2D eigenvalue weighted by molar-refractivity contribution is 7.33. The molecule has 0 bridgehead atoms. The van der Waals surface area contributed by atoms with Crippen LogP contribution in [0.25, 0.3) is 22.3 Å². The Morgan fingerprint density at radius 3 is 2.05 bits per heavy atom. The third-order valence-corrected chi connectivity index (χ3v) is 7.82. The monoisotopic (exact) mass is 612 g/mol. The average molecular weight is 612 g/mol. The van der Waals surface area contributed by atoms with E-state index in [0.717, 1.165) is 0 Å². The first kappa shape index (κ1) is 27.7. The Bertz CT molecular complexity index is 1610. The molecule has 8 atom stereocenters. The lowest BCUT2D eigenvalue weighted by Gasteiger charge is -2.13. The van der Waals surface area contributed by atoms with Crippen LogP contribution in [-0.4, -0.2) is 81.6 Å². The molecule has 4 aromatic heterocycles. The van der Waals surface area contributed by atoms with E-state index in [0.29, 0.717) is 22.3 Å². The number of aromatic nitrogens is 8. The molecular weight excluding hydrogens is 589 g/mol. The standard InChI is InChI=1S/C20H22FN10O8P2/c21-9-1-13(30-7-28-15-17(22)24-5-26-19(15)30)37-11(9)3-36-41(34)39-10-2-14(38-12(10)4-35-40(32)33)31-8-29-16-18(23)25-6-27-20(16)31/h5-14H,1-4H2,(H4-,22,23,24,25,26,27,32,33)/q+1/p+1/t9-,10+,11?,12?,13-,14-/m1/s1. The number of anilines is 2. The molecule has 21 heteroatoms. The quantitative estimate of drug-likeness (QED) is 0.215. The van der Waals surface area contributed by atoms with Gasteiger partial charge in [0.05, 0.1) is 12.7 Å². The zero-order chi connectivity index (χ0) is 28.7. The highest BCUT2D eigenvalue weighted by Gasteiger charge is 2.46. The second-order valence-corrected chi connectivity index (χ2v) is 10.8. The summed E-state index contributed by atoms with van der Waals surface area (Å²) < 4.78 is 69.2. The maximum Gasteiger partial charge on any atom is 0.697 e. The molecule has 0 amide bonds. The molecule has 0 saturated carbocycles. The molecule has 41 heavy (non-hydrogen) atoms. The maximum atomic E-state index is 14.8. The van der Waals surface area contributed by atoms with Gasteiger partial charge in [-0.2, -0.15) is 0 Å². The van der Waals surface area contributed by atoms with Crippen molar-refractivity contribution in [2.45, 2.75) is 49.8 Å². The first-order valence-corrected chi connectivity index (χ1v) is 14.4. The SMILES string of the molecule is Nc1ncnc2c1ncn2[C@H]1C[C@@H](F)C(CO[P+](=O)O[C@H]2C[C@H](n3cnc4c(N)ncnc43)OC2CO[P+](=O)O)O1. The summed E-state index contributed by atoms with van der Waals surface area (Å²) in [6, 6.07) is 0. The summed E-state index contributed by atoms with van der Waals surface area (Å²) in [4.78, 5) is 33.5. The van der Waals surface area contributed by atoms with Crippen LogP contribution in [0.1, 0.15) is 25.3 Å². The number of fused-ring (bicyclic) bond motifs is 2. The van der Waals surface area contributed by atoms with Crippen LogP contribution in [0.2, 0.25) is 0 Å². The van der Waals surface area contributed by atoms with Gasteiger partial charge in [0.25, 0.3) is 0 Å². The smallest absolute Gasteiger partial charge is 0.382 e. The van der Waals surface area contributed by atoms with Gasteiger partial charge in [0.2, 0.25) is 0 Å². The van der Waals surface area contributed by atoms with E-state index in [1.165, 1.54) is 25.3 Å². The molecule has 6 rings (SSSR count). The molecule has 0 radical (unpaired) electrons. The van der Waals surface area contributed by atoms with Gasteiger partial charge in [-0.1, -0.05) is 0 Å². The summed E-state index contributed by atoms with van der Waals surface area (Å²) >= 11 is 0. The number of rotatable bonds is 10. The van der Waals surface area contributed by atoms with E-state index in [4.69, 9.17) is 39.4 Å². The number of nitrogens with two attached hydrogens (primary N) is 2. The van der Waals surface area contributed by atoms with E-state index in [1.54, 1.807) is 9.13 Å². The Labute approximate surface area is 231 Å². The molecule has 4 aromatic rings. The minimum absolute atomic E-state index is 0.0230. The Morgan fingerprint density at radius 2 is 1.44 bits per heavy atom. The van der Waals surface area contributed by atoms with Crippen molar-refractivity contribution >= 4 is 50.5 Å². The third-order valence-electron chi connectivity index (χ3n) is 6.65. The van der Waals surface area contributed by atoms with Gasteiger partial charge in [-0.05, 0) is 0 Å². The number of imidazole rings is 2. The topological polar surface area (TPSA) is 240 Å². The second kappa shape index (κ2) is 11.5. The van der Waals surface area contributed by atoms with Gasteiger partial charge in [-0.25, -0.2) is 34.3 Å². The van der Waals surface area contributed by atoms with Crippen molar-refractivity contribution in [3.8, 4) is 0 Å². The third kappa shape index (κ3) is 5.58. The molecule has 0 aromatic carbocycles. The number of halogens is 1. The second-order valence-electron chi connectivity index (χ2n) is 9.11. The van der Waals surface area contributed by atoms with Crippen LogP contribution in [-0.2, 0) is 32.2 Å². The lowest BCUT2D eigenvalue weighted by molar-refractivity contribution is -0.0407. The lowest BCUT2D eigenvalue weighted by Crippen LogP contribution is -2.27. The molecule has 0 spiro atoms. The van der Waals surface area contributed by atoms with Gasteiger partial charge < -0.3 is 20.9 Å². The van der Waals surface area contributed by atoms with Gasteiger partial charge in [0.1, 0.15) is 73.8 Å². The molecular formula is C20H23FN10O8P2+2. The molecule has 0 aliphatic carbocycles. The van der Waals surface area contributed by atoms with Gasteiger partial charge >= 0.3 is 16.5 Å². The summed E-state index contributed by atoms with van der Waals surface area (Å²) in [5, 5.41) is 0. The van der Waals surface area contributed by atoms with E-state index >= 15 is 0 Å². The molecule has 18 nitrogen and oxygen atoms in total. The summed E-state index contributed by atoms with van der Waals surface area (Å²) in [5.74, 6) is 0.359. The highest BCUT2D eigenvalue weighted by atomic mass is 31.1. The van der Waals surface area contributed by atoms with Crippen LogP contribution in [0.5, 0.6) is 0 Å². The molecule has 2 saturated heterocycles. The fraction of sp³-hybridized carbons (Fsp3) is 0.500. The number of nitrogens with zero attached hydrogens (tertiary/aromatic N) is 8. The minimum Gasteiger partial charge on any atom is -0.382 e. The number of hydrogen-bond acceptors (Lipinski definition) is 15. The summed E-state index contributed by atoms with van der Waals surface area (Å²) in [5.41, 5.74) is 13.2. The lowest BCUT2D eigenvalue weighted by atomic mass is 10.2. The Balaban J connectivity index is 1.09. The van der Waals surface area contributed by atoms with Gasteiger partial charge in [-0.3, -0.25) is 9.13 Å². The van der Waals surface area contributed by atoms with Crippen molar-refractivity contribution in [3.63, 3.8) is 0 Å². The molecule has 4 unspecified atom stereocenters. The van der Waals surface area contributed by atoms with E-state index in [2.05, 4.69) is 29.9 Å². The zero-order valence-corrected chi connectivity index (χ0v) is 22.7. The number of nitrogen functional groups attached to an aromatic ring is 2. The number of hydrogen-bond donors (Lipinski definition) is 3. The normalized spacial score (nSPS) is 27.2. The molecule has 5 N–H and O–H groups in total. The van der Waals surface area contributed by atoms with Crippen LogP contribution in [0.3, 0.4) is 0 Å². The van der Waals surface area contributed by atoms with Crippen molar-refractivity contribution in [1.82, 2.24) is 39.0 Å². The maximum absolute atomic E-state index is 14.8. The molecule has 216 valence electrons. The molecule has 2 aliphatic rings. The fourth-order valence-electron chi connectivity index (χ4n) is 4.72. The predicted molar refractivity (Wildman–Crippen MR) is 136 cm³/mol. The molecule has 2 fully saturated rings. The van der Waals surface area contributed by atoms with Crippen molar-refractivity contribution in [1.29, 1.82) is 0 Å². The summed E-state index contributed by atoms with van der Waals surface area (Å²) in [6.45, 7) is -0.716. The molecule has 6 heterocycles. The van der Waals surface area contributed by atoms with Crippen LogP contribution in [0.15, 0.2) is 25.3 Å². The van der Waals surface area contributed by atoms with E-state index in [9.17, 15) is 13.5 Å². The van der Waals surface area contributed by atoms with Gasteiger partial charge in [0.15, 0.2) is 22.9 Å². The Morgan fingerprint density at radius 1 is 0.878 bits per heavy atom. The predicted octanol–water partition coefficient (Wildman–Crippen LogP) is 1.47. The average Bonchev–Trinajstić information content (AvgIpc) is 3.72. The zero-order valence-electron chi connectivity index (χ0n) is 20.9. The van der Waals surface area contributed by atoms with E-state index in [1.807, 2.05) is 0 Å². The largest absolute Gasteiger partial charge is 0.697 e. The van der Waals surface area contributed by atoms with Crippen LogP contribution < -0.4 is 11.5 Å². The van der Waals surface area contributed by atoms with Crippen LogP contribution >= 0.6 is 16.5 Å². The van der Waals surface area contributed by atoms with Crippen molar-refractivity contribution in [3.05, 3.63) is 25.3 Å². The first-order chi connectivity index (χ1) is 19.8. The Kier molecular flexibility index (Phi) is 7.76. The fourth-order valence-corrected chi connectivity index (χ4v) is 5.76. The van der Waals surface area contributed by atoms with Gasteiger partial charge in [-0.15, -0.1) is 18.5 Å². The van der Waals surface area contributed by atoms with E-state index < -0.39 is 53.4 Å². The minimum atomic E-state index is -2.92. The summed E-state index contributed by atoms with van der Waals surface area (Å²) in [7, 11) is -5.71. The number of alkyl halides is 1. The first-order valence-electron chi connectivity index (χ1n) is 12.2. The van der Waals surface area contributed by atoms with Crippen molar-refractivity contribution in [2.75, 3.05) is 24.7 Å². The highest BCUT2D eigenvalue weighted by Crippen LogP contribution is 2.41. The van der Waals surface area contributed by atoms with Crippen molar-refractivity contribution in [2.24, 2.45) is 0 Å². The van der Waals surface area contributed by atoms with Crippen LogP contribution in [0, 0.1) is 0 Å². The van der Waals surface area contributed by atoms with Crippen LogP contribution in [0.4, 0.5) is 16.0 Å². The van der Waals surface area contributed by atoms with Gasteiger partial charge in [0, 0.05) is 22.0 Å². The summed E-state index contributed by atoms with van der Waals surface area (Å²) in [6.07, 6.45) is -0.225. The van der Waals surface area contributed by atoms with E-state index in [-0.39, 0.29) is 37.7 Å². The number of ether oxygens (including phenoxy) is 2.